The average Bonchev–Trinajstić information content (AvgIpc) is 3.66. The Bertz CT molecular complexity index is 2440. The van der Waals surface area contributed by atoms with Gasteiger partial charge in [0, 0.05) is 37.9 Å². The zero-order chi connectivity index (χ0) is 27.2. The minimum atomic E-state index is 0.866. The summed E-state index contributed by atoms with van der Waals surface area (Å²) < 4.78 is 15.5. The fourth-order valence-corrected chi connectivity index (χ4v) is 6.70. The first-order valence-corrected chi connectivity index (χ1v) is 14.0. The van der Waals surface area contributed by atoms with Crippen molar-refractivity contribution < 1.29 is 8.83 Å². The second-order valence-corrected chi connectivity index (χ2v) is 11.1. The Morgan fingerprint density at radius 1 is 0.463 bits per heavy atom. The molecule has 9 rings (SSSR count). The number of hydrogen-bond acceptors (Lipinski definition) is 2. The summed E-state index contributed by atoms with van der Waals surface area (Å²) in [6.07, 6.45) is 0. The maximum absolute atomic E-state index is 6.73. The molecular weight excluding hydrogens is 502 g/mol. The van der Waals surface area contributed by atoms with Gasteiger partial charge >= 0.3 is 0 Å². The molecular formula is C38H25NO2. The molecule has 3 heterocycles. The minimum absolute atomic E-state index is 0.866. The first-order valence-electron chi connectivity index (χ1n) is 14.0. The summed E-state index contributed by atoms with van der Waals surface area (Å²) in [5, 5.41) is 6.97. The number of aromatic nitrogens is 1. The van der Waals surface area contributed by atoms with Crippen molar-refractivity contribution in [1.29, 1.82) is 0 Å². The van der Waals surface area contributed by atoms with Crippen molar-refractivity contribution in [3.8, 4) is 16.8 Å². The van der Waals surface area contributed by atoms with Gasteiger partial charge in [-0.1, -0.05) is 83.9 Å². The van der Waals surface area contributed by atoms with E-state index < -0.39 is 0 Å². The summed E-state index contributed by atoms with van der Waals surface area (Å²) in [6.45, 7) is 4.31. The molecule has 0 spiro atoms. The monoisotopic (exact) mass is 527 g/mol. The number of hydrogen-bond donors (Lipinski definition) is 0. The fourth-order valence-electron chi connectivity index (χ4n) is 6.70. The number of para-hydroxylation sites is 3. The van der Waals surface area contributed by atoms with Crippen molar-refractivity contribution in [3.05, 3.63) is 126 Å². The van der Waals surface area contributed by atoms with Crippen LogP contribution in [0.2, 0.25) is 0 Å². The number of nitrogens with zero attached hydrogens (tertiary/aromatic N) is 1. The van der Waals surface area contributed by atoms with E-state index in [0.29, 0.717) is 0 Å². The van der Waals surface area contributed by atoms with E-state index in [-0.39, 0.29) is 0 Å². The lowest BCUT2D eigenvalue weighted by molar-refractivity contribution is 0.666. The summed E-state index contributed by atoms with van der Waals surface area (Å²) in [5.74, 6) is 0. The van der Waals surface area contributed by atoms with Crippen LogP contribution < -0.4 is 0 Å². The van der Waals surface area contributed by atoms with Gasteiger partial charge in [0.1, 0.15) is 16.7 Å². The van der Waals surface area contributed by atoms with Gasteiger partial charge in [-0.3, -0.25) is 0 Å². The first-order chi connectivity index (χ1) is 20.2. The van der Waals surface area contributed by atoms with Gasteiger partial charge in [0.05, 0.1) is 16.7 Å². The van der Waals surface area contributed by atoms with Crippen LogP contribution in [0.15, 0.2) is 124 Å². The van der Waals surface area contributed by atoms with E-state index in [9.17, 15) is 0 Å². The molecule has 3 heteroatoms. The van der Waals surface area contributed by atoms with E-state index in [1.54, 1.807) is 0 Å². The fraction of sp³-hybridized carbons (Fsp3) is 0.0526. The largest absolute Gasteiger partial charge is 0.455 e. The van der Waals surface area contributed by atoms with Gasteiger partial charge in [0.15, 0.2) is 5.58 Å². The van der Waals surface area contributed by atoms with E-state index in [0.717, 1.165) is 60.7 Å². The van der Waals surface area contributed by atoms with Crippen LogP contribution in [0.4, 0.5) is 0 Å². The van der Waals surface area contributed by atoms with Crippen molar-refractivity contribution in [2.75, 3.05) is 0 Å². The zero-order valence-electron chi connectivity index (χ0n) is 22.7. The van der Waals surface area contributed by atoms with Gasteiger partial charge in [-0.2, -0.15) is 0 Å². The van der Waals surface area contributed by atoms with Crippen LogP contribution in [0.3, 0.4) is 0 Å². The summed E-state index contributed by atoms with van der Waals surface area (Å²) in [7, 11) is 0. The Hall–Kier alpha value is -5.28. The standard InChI is InChI=1S/C38H25NO2/c1-22-16-18-31-29(20-22)30-21-23(2)17-19-32(30)39(31)33-13-6-12-28-36-25(9-7-15-35(36)41-38(28)33)27-11-5-10-26-24-8-3-4-14-34(24)40-37(26)27/h3-21H,1-2H3. The van der Waals surface area contributed by atoms with Crippen molar-refractivity contribution in [2.24, 2.45) is 0 Å². The quantitative estimate of drug-likeness (QED) is 0.224. The molecule has 0 saturated heterocycles. The minimum Gasteiger partial charge on any atom is -0.455 e. The average molecular weight is 528 g/mol. The van der Waals surface area contributed by atoms with E-state index >= 15 is 0 Å². The molecule has 0 fully saturated rings. The molecule has 0 amide bonds. The summed E-state index contributed by atoms with van der Waals surface area (Å²) in [4.78, 5) is 0. The normalized spacial score (nSPS) is 12.1. The van der Waals surface area contributed by atoms with E-state index in [1.165, 1.54) is 32.9 Å². The maximum atomic E-state index is 6.73. The lowest BCUT2D eigenvalue weighted by Gasteiger charge is -2.09. The molecule has 0 N–H and O–H groups in total. The Balaban J connectivity index is 1.37. The number of fused-ring (bicyclic) bond motifs is 9. The lowest BCUT2D eigenvalue weighted by atomic mass is 9.97. The third-order valence-corrected chi connectivity index (χ3v) is 8.51. The maximum Gasteiger partial charge on any atom is 0.159 e. The molecule has 194 valence electrons. The molecule has 6 aromatic carbocycles. The number of furan rings is 2. The number of benzene rings is 6. The molecule has 41 heavy (non-hydrogen) atoms. The molecule has 3 aromatic heterocycles. The molecule has 0 aliphatic heterocycles. The topological polar surface area (TPSA) is 31.2 Å². The molecule has 0 saturated carbocycles. The predicted molar refractivity (Wildman–Crippen MR) is 170 cm³/mol. The van der Waals surface area contributed by atoms with Crippen molar-refractivity contribution in [1.82, 2.24) is 4.57 Å². The molecule has 0 bridgehead atoms. The second kappa shape index (κ2) is 8.12. The van der Waals surface area contributed by atoms with Gasteiger partial charge in [-0.15, -0.1) is 0 Å². The van der Waals surface area contributed by atoms with Gasteiger partial charge in [0.25, 0.3) is 0 Å². The molecule has 0 radical (unpaired) electrons. The van der Waals surface area contributed by atoms with Gasteiger partial charge in [-0.25, -0.2) is 0 Å². The number of aryl methyl sites for hydroxylation is 2. The SMILES string of the molecule is Cc1ccc2c(c1)c1cc(C)ccc1n2-c1cccc2c1oc1cccc(-c3cccc4c3oc3ccccc34)c12. The van der Waals surface area contributed by atoms with Gasteiger partial charge in [-0.05, 0) is 61.9 Å². The molecule has 0 unspecified atom stereocenters. The summed E-state index contributed by atoms with van der Waals surface area (Å²) in [6, 6.07) is 40.9. The first kappa shape index (κ1) is 22.5. The smallest absolute Gasteiger partial charge is 0.159 e. The predicted octanol–water partition coefficient (Wildman–Crippen LogP) is 10.9. The van der Waals surface area contributed by atoms with Crippen LogP contribution in [0.5, 0.6) is 0 Å². The van der Waals surface area contributed by atoms with Crippen LogP contribution in [0, 0.1) is 13.8 Å². The third-order valence-electron chi connectivity index (χ3n) is 8.51. The molecule has 0 aliphatic carbocycles. The third kappa shape index (κ3) is 3.09. The molecule has 0 aliphatic rings. The Morgan fingerprint density at radius 3 is 1.88 bits per heavy atom. The van der Waals surface area contributed by atoms with Crippen LogP contribution in [0.25, 0.3) is 82.5 Å². The lowest BCUT2D eigenvalue weighted by Crippen LogP contribution is -1.94. The summed E-state index contributed by atoms with van der Waals surface area (Å²) in [5.41, 5.74) is 11.6. The van der Waals surface area contributed by atoms with Gasteiger partial charge < -0.3 is 13.4 Å². The second-order valence-electron chi connectivity index (χ2n) is 11.1. The highest BCUT2D eigenvalue weighted by Gasteiger charge is 2.21. The van der Waals surface area contributed by atoms with Crippen LogP contribution in [0.1, 0.15) is 11.1 Å². The van der Waals surface area contributed by atoms with E-state index in [1.807, 2.05) is 12.1 Å². The van der Waals surface area contributed by atoms with Crippen LogP contribution in [-0.4, -0.2) is 4.57 Å². The summed E-state index contributed by atoms with van der Waals surface area (Å²) >= 11 is 0. The van der Waals surface area contributed by atoms with Crippen LogP contribution >= 0.6 is 0 Å². The molecule has 9 aromatic rings. The Labute approximate surface area is 235 Å². The van der Waals surface area contributed by atoms with Crippen molar-refractivity contribution in [3.63, 3.8) is 0 Å². The zero-order valence-corrected chi connectivity index (χ0v) is 22.7. The number of rotatable bonds is 2. The van der Waals surface area contributed by atoms with E-state index in [2.05, 4.69) is 122 Å². The highest BCUT2D eigenvalue weighted by molar-refractivity contribution is 6.19. The van der Waals surface area contributed by atoms with Crippen molar-refractivity contribution >= 4 is 65.7 Å². The molecule has 3 nitrogen and oxygen atoms in total. The molecule has 0 atom stereocenters. The Morgan fingerprint density at radius 2 is 1.07 bits per heavy atom. The van der Waals surface area contributed by atoms with Crippen LogP contribution in [-0.2, 0) is 0 Å². The van der Waals surface area contributed by atoms with Gasteiger partial charge in [0.2, 0.25) is 0 Å². The van der Waals surface area contributed by atoms with Crippen molar-refractivity contribution in [2.45, 2.75) is 13.8 Å². The highest BCUT2D eigenvalue weighted by atomic mass is 16.3. The Kier molecular flexibility index (Phi) is 4.46. The highest BCUT2D eigenvalue weighted by Crippen LogP contribution is 2.44. The van der Waals surface area contributed by atoms with E-state index in [4.69, 9.17) is 8.83 Å².